The molecule has 1 fully saturated rings. The van der Waals surface area contributed by atoms with Crippen LogP contribution in [0.25, 0.3) is 0 Å². The Bertz CT molecular complexity index is 317. The third kappa shape index (κ3) is 2.83. The Morgan fingerprint density at radius 3 is 2.75 bits per heavy atom. The van der Waals surface area contributed by atoms with E-state index in [9.17, 15) is 0 Å². The first kappa shape index (κ1) is 11.6. The van der Waals surface area contributed by atoms with Crippen LogP contribution >= 0.6 is 0 Å². The molecule has 0 aliphatic carbocycles. The van der Waals surface area contributed by atoms with Gasteiger partial charge in [-0.15, -0.1) is 0 Å². The van der Waals surface area contributed by atoms with Gasteiger partial charge in [0.05, 0.1) is 5.60 Å². The number of hydrogen-bond acceptors (Lipinski definition) is 2. The lowest BCUT2D eigenvalue weighted by Crippen LogP contribution is -2.38. The maximum atomic E-state index is 5.76. The molecule has 16 heavy (non-hydrogen) atoms. The van der Waals surface area contributed by atoms with Crippen molar-refractivity contribution >= 4 is 0 Å². The summed E-state index contributed by atoms with van der Waals surface area (Å²) in [5.74, 6) is 0. The zero-order chi connectivity index (χ0) is 11.4. The van der Waals surface area contributed by atoms with Crippen molar-refractivity contribution in [2.45, 2.75) is 38.3 Å². The fraction of sp³-hybridized carbons (Fsp3) is 0.571. The van der Waals surface area contributed by atoms with Gasteiger partial charge in [-0.1, -0.05) is 30.3 Å². The lowest BCUT2D eigenvalue weighted by molar-refractivity contribution is 0.0191. The van der Waals surface area contributed by atoms with Gasteiger partial charge >= 0.3 is 0 Å². The van der Waals surface area contributed by atoms with E-state index in [4.69, 9.17) is 4.74 Å². The normalized spacial score (nSPS) is 26.9. The molecule has 1 aliphatic rings. The van der Waals surface area contributed by atoms with E-state index < -0.39 is 0 Å². The molecular weight excluding hydrogens is 198 g/mol. The topological polar surface area (TPSA) is 21.3 Å². The molecule has 1 aromatic rings. The minimum absolute atomic E-state index is 0.0447. The summed E-state index contributed by atoms with van der Waals surface area (Å²) in [6, 6.07) is 10.9. The Hall–Kier alpha value is -0.860. The highest BCUT2D eigenvalue weighted by molar-refractivity contribution is 5.18. The van der Waals surface area contributed by atoms with Gasteiger partial charge in [-0.3, -0.25) is 0 Å². The first-order chi connectivity index (χ1) is 7.70. The first-order valence-corrected chi connectivity index (χ1v) is 6.12. The molecule has 2 nitrogen and oxygen atoms in total. The summed E-state index contributed by atoms with van der Waals surface area (Å²) >= 11 is 0. The second kappa shape index (κ2) is 4.98. The van der Waals surface area contributed by atoms with Crippen LogP contribution in [-0.2, 0) is 4.74 Å². The van der Waals surface area contributed by atoms with Crippen molar-refractivity contribution in [3.8, 4) is 0 Å². The van der Waals surface area contributed by atoms with Crippen molar-refractivity contribution in [3.63, 3.8) is 0 Å². The molecule has 2 rings (SSSR count). The lowest BCUT2D eigenvalue weighted by Gasteiger charge is -2.26. The zero-order valence-electron chi connectivity index (χ0n) is 10.2. The van der Waals surface area contributed by atoms with Crippen LogP contribution in [0.15, 0.2) is 30.3 Å². The average molecular weight is 219 g/mol. The molecule has 0 bridgehead atoms. The third-order valence-electron chi connectivity index (χ3n) is 3.38. The molecule has 1 saturated heterocycles. The smallest absolute Gasteiger partial charge is 0.0779 e. The van der Waals surface area contributed by atoms with Crippen molar-refractivity contribution in [1.29, 1.82) is 0 Å². The molecule has 88 valence electrons. The highest BCUT2D eigenvalue weighted by atomic mass is 16.5. The Kier molecular flexibility index (Phi) is 3.62. The van der Waals surface area contributed by atoms with Crippen LogP contribution < -0.4 is 5.32 Å². The maximum absolute atomic E-state index is 5.76. The highest BCUT2D eigenvalue weighted by Gasteiger charge is 2.29. The molecule has 2 heteroatoms. The Morgan fingerprint density at radius 2 is 2.12 bits per heavy atom. The summed E-state index contributed by atoms with van der Waals surface area (Å²) < 4.78 is 5.76. The van der Waals surface area contributed by atoms with E-state index in [1.54, 1.807) is 0 Å². The van der Waals surface area contributed by atoms with Gasteiger partial charge in [-0.25, -0.2) is 0 Å². The Balaban J connectivity index is 1.86. The quantitative estimate of drug-likeness (QED) is 0.840. The highest BCUT2D eigenvalue weighted by Crippen LogP contribution is 2.25. The van der Waals surface area contributed by atoms with Crippen LogP contribution in [0.3, 0.4) is 0 Å². The van der Waals surface area contributed by atoms with E-state index in [-0.39, 0.29) is 5.60 Å². The number of hydrogen-bond donors (Lipinski definition) is 1. The van der Waals surface area contributed by atoms with Crippen LogP contribution in [0.5, 0.6) is 0 Å². The van der Waals surface area contributed by atoms with Crippen LogP contribution in [0.4, 0.5) is 0 Å². The van der Waals surface area contributed by atoms with Crippen molar-refractivity contribution in [2.24, 2.45) is 0 Å². The molecule has 0 aromatic heterocycles. The van der Waals surface area contributed by atoms with E-state index in [2.05, 4.69) is 49.5 Å². The predicted octanol–water partition coefficient (Wildman–Crippen LogP) is 2.91. The monoisotopic (exact) mass is 219 g/mol. The summed E-state index contributed by atoms with van der Waals surface area (Å²) in [7, 11) is 0. The van der Waals surface area contributed by atoms with Crippen molar-refractivity contribution < 1.29 is 4.74 Å². The van der Waals surface area contributed by atoms with Gasteiger partial charge in [0, 0.05) is 19.2 Å². The van der Waals surface area contributed by atoms with Gasteiger partial charge in [-0.2, -0.15) is 0 Å². The van der Waals surface area contributed by atoms with E-state index in [1.165, 1.54) is 18.4 Å². The molecule has 0 amide bonds. The lowest BCUT2D eigenvalue weighted by atomic mass is 10.0. The van der Waals surface area contributed by atoms with Crippen molar-refractivity contribution in [1.82, 2.24) is 5.32 Å². The molecular formula is C14H21NO. The second-order valence-corrected chi connectivity index (χ2v) is 4.92. The largest absolute Gasteiger partial charge is 0.374 e. The fourth-order valence-electron chi connectivity index (χ4n) is 2.20. The summed E-state index contributed by atoms with van der Waals surface area (Å²) in [5, 5.41) is 3.56. The standard InChI is InChI=1S/C14H21NO/c1-12(13-7-4-3-5-8-13)15-11-14(2)9-6-10-16-14/h3-5,7-8,12,15H,6,9-11H2,1-2H3. The summed E-state index contributed by atoms with van der Waals surface area (Å²) in [6.45, 7) is 6.25. The van der Waals surface area contributed by atoms with Crippen LogP contribution in [0, 0.1) is 0 Å². The van der Waals surface area contributed by atoms with E-state index in [0.29, 0.717) is 6.04 Å². The molecule has 2 atom stereocenters. The molecule has 2 unspecified atom stereocenters. The molecule has 1 heterocycles. The number of benzene rings is 1. The van der Waals surface area contributed by atoms with E-state index in [0.717, 1.165) is 13.2 Å². The second-order valence-electron chi connectivity index (χ2n) is 4.92. The minimum Gasteiger partial charge on any atom is -0.374 e. The van der Waals surface area contributed by atoms with Crippen molar-refractivity contribution in [3.05, 3.63) is 35.9 Å². The molecule has 0 saturated carbocycles. The van der Waals surface area contributed by atoms with Crippen LogP contribution in [0.1, 0.15) is 38.3 Å². The number of rotatable bonds is 4. The minimum atomic E-state index is 0.0447. The van der Waals surface area contributed by atoms with Gasteiger partial charge in [0.1, 0.15) is 0 Å². The average Bonchev–Trinajstić information content (AvgIpc) is 2.75. The number of ether oxygens (including phenoxy) is 1. The molecule has 0 spiro atoms. The van der Waals surface area contributed by atoms with Crippen LogP contribution in [0.2, 0.25) is 0 Å². The van der Waals surface area contributed by atoms with E-state index in [1.807, 2.05) is 0 Å². The van der Waals surface area contributed by atoms with Crippen LogP contribution in [-0.4, -0.2) is 18.8 Å². The van der Waals surface area contributed by atoms with Gasteiger partial charge in [0.25, 0.3) is 0 Å². The molecule has 0 radical (unpaired) electrons. The van der Waals surface area contributed by atoms with Gasteiger partial charge < -0.3 is 10.1 Å². The molecule has 1 aliphatic heterocycles. The third-order valence-corrected chi connectivity index (χ3v) is 3.38. The maximum Gasteiger partial charge on any atom is 0.0779 e. The van der Waals surface area contributed by atoms with Gasteiger partial charge in [-0.05, 0) is 32.3 Å². The predicted molar refractivity (Wildman–Crippen MR) is 66.5 cm³/mol. The Labute approximate surface area is 98.0 Å². The van der Waals surface area contributed by atoms with E-state index >= 15 is 0 Å². The van der Waals surface area contributed by atoms with Gasteiger partial charge in [0.15, 0.2) is 0 Å². The molecule has 1 N–H and O–H groups in total. The summed E-state index contributed by atoms with van der Waals surface area (Å²) in [4.78, 5) is 0. The van der Waals surface area contributed by atoms with Gasteiger partial charge in [0.2, 0.25) is 0 Å². The summed E-state index contributed by atoms with van der Waals surface area (Å²) in [5.41, 5.74) is 1.38. The SMILES string of the molecule is CC(NCC1(C)CCCO1)c1ccccc1. The number of nitrogens with one attached hydrogen (secondary N) is 1. The Morgan fingerprint density at radius 1 is 1.38 bits per heavy atom. The zero-order valence-corrected chi connectivity index (χ0v) is 10.2. The fourth-order valence-corrected chi connectivity index (χ4v) is 2.20. The summed E-state index contributed by atoms with van der Waals surface area (Å²) in [6.07, 6.45) is 2.36. The molecule has 1 aromatic carbocycles. The first-order valence-electron chi connectivity index (χ1n) is 6.12. The van der Waals surface area contributed by atoms with Crippen molar-refractivity contribution in [2.75, 3.05) is 13.2 Å².